The summed E-state index contributed by atoms with van der Waals surface area (Å²) in [6.07, 6.45) is 0. The molecule has 0 radical (unpaired) electrons. The van der Waals surface area contributed by atoms with Gasteiger partial charge in [-0.25, -0.2) is 0 Å². The summed E-state index contributed by atoms with van der Waals surface area (Å²) in [7, 11) is 0. The smallest absolute Gasteiger partial charge is 0.184 e. The monoisotopic (exact) mass is 261 g/mol. The van der Waals surface area contributed by atoms with Gasteiger partial charge < -0.3 is 10.5 Å². The van der Waals surface area contributed by atoms with Crippen LogP contribution in [0.1, 0.15) is 28.2 Å². The van der Waals surface area contributed by atoms with Crippen LogP contribution >= 0.6 is 11.3 Å². The van der Waals surface area contributed by atoms with Crippen LogP contribution in [0, 0.1) is 0 Å². The van der Waals surface area contributed by atoms with Gasteiger partial charge in [-0.15, -0.1) is 11.3 Å². The van der Waals surface area contributed by atoms with Crippen molar-refractivity contribution in [3.8, 4) is 5.75 Å². The maximum atomic E-state index is 12.2. The standard InChI is InChI=1S/C14H15NO2S/c1-2-17-11-6-3-5-10(9-11)14(16)13(15)12-7-4-8-18-12/h3-9,13H,2,15H2,1H3. The number of hydrogen-bond donors (Lipinski definition) is 1. The summed E-state index contributed by atoms with van der Waals surface area (Å²) in [5.74, 6) is 0.612. The Morgan fingerprint density at radius 3 is 2.89 bits per heavy atom. The first-order valence-electron chi connectivity index (χ1n) is 5.78. The summed E-state index contributed by atoms with van der Waals surface area (Å²) >= 11 is 1.49. The highest BCUT2D eigenvalue weighted by atomic mass is 32.1. The zero-order valence-corrected chi connectivity index (χ0v) is 10.9. The van der Waals surface area contributed by atoms with E-state index < -0.39 is 6.04 Å². The molecule has 18 heavy (non-hydrogen) atoms. The molecule has 94 valence electrons. The van der Waals surface area contributed by atoms with Crippen LogP contribution in [0.15, 0.2) is 41.8 Å². The van der Waals surface area contributed by atoms with Gasteiger partial charge in [-0.2, -0.15) is 0 Å². The number of ketones is 1. The van der Waals surface area contributed by atoms with Crippen LogP contribution in [-0.4, -0.2) is 12.4 Å². The maximum Gasteiger partial charge on any atom is 0.184 e. The van der Waals surface area contributed by atoms with Gasteiger partial charge in [0.1, 0.15) is 11.8 Å². The summed E-state index contributed by atoms with van der Waals surface area (Å²) in [6, 6.07) is 10.3. The lowest BCUT2D eigenvalue weighted by atomic mass is 10.0. The average Bonchev–Trinajstić information content (AvgIpc) is 2.91. The van der Waals surface area contributed by atoms with E-state index in [-0.39, 0.29) is 5.78 Å². The van der Waals surface area contributed by atoms with Crippen molar-refractivity contribution >= 4 is 17.1 Å². The Labute approximate surface area is 110 Å². The fraction of sp³-hybridized carbons (Fsp3) is 0.214. The number of Topliss-reactive ketones (excluding diaryl/α,β-unsaturated/α-hetero) is 1. The van der Waals surface area contributed by atoms with Crippen LogP contribution < -0.4 is 10.5 Å². The molecule has 0 amide bonds. The van der Waals surface area contributed by atoms with Crippen LogP contribution in [0.4, 0.5) is 0 Å². The minimum absolute atomic E-state index is 0.0843. The molecule has 2 aromatic rings. The molecule has 4 heteroatoms. The molecule has 1 heterocycles. The molecule has 0 fully saturated rings. The number of benzene rings is 1. The average molecular weight is 261 g/mol. The molecule has 2 N–H and O–H groups in total. The van der Waals surface area contributed by atoms with Crippen molar-refractivity contribution in [1.82, 2.24) is 0 Å². The molecule has 1 unspecified atom stereocenters. The quantitative estimate of drug-likeness (QED) is 0.842. The second-order valence-corrected chi connectivity index (χ2v) is 4.80. The van der Waals surface area contributed by atoms with Crippen LogP contribution in [-0.2, 0) is 0 Å². The van der Waals surface area contributed by atoms with Gasteiger partial charge in [-0.05, 0) is 30.5 Å². The summed E-state index contributed by atoms with van der Waals surface area (Å²) in [5, 5.41) is 1.92. The molecule has 2 rings (SSSR count). The molecule has 0 aliphatic rings. The van der Waals surface area contributed by atoms with E-state index in [1.165, 1.54) is 11.3 Å². The molecule has 0 saturated carbocycles. The number of rotatable bonds is 5. The molecule has 0 saturated heterocycles. The number of carbonyl (C=O) groups is 1. The SMILES string of the molecule is CCOc1cccc(C(=O)C(N)c2cccs2)c1. The molecule has 0 aliphatic heterocycles. The number of ether oxygens (including phenoxy) is 1. The number of nitrogens with two attached hydrogens (primary N) is 1. The van der Waals surface area contributed by atoms with E-state index in [0.717, 1.165) is 4.88 Å². The largest absolute Gasteiger partial charge is 0.494 e. The topological polar surface area (TPSA) is 52.3 Å². The summed E-state index contributed by atoms with van der Waals surface area (Å²) in [5.41, 5.74) is 6.54. The number of hydrogen-bond acceptors (Lipinski definition) is 4. The van der Waals surface area contributed by atoms with Crippen LogP contribution in [0.5, 0.6) is 5.75 Å². The van der Waals surface area contributed by atoms with Crippen molar-refractivity contribution in [2.75, 3.05) is 6.61 Å². The maximum absolute atomic E-state index is 12.2. The van der Waals surface area contributed by atoms with Gasteiger partial charge in [0.2, 0.25) is 0 Å². The lowest BCUT2D eigenvalue weighted by Gasteiger charge is -2.10. The van der Waals surface area contributed by atoms with E-state index in [1.54, 1.807) is 18.2 Å². The second-order valence-electron chi connectivity index (χ2n) is 3.82. The third-order valence-corrected chi connectivity index (χ3v) is 3.52. The molecular weight excluding hydrogens is 246 g/mol. The predicted molar refractivity (Wildman–Crippen MR) is 73.2 cm³/mol. The second kappa shape index (κ2) is 5.80. The zero-order valence-electron chi connectivity index (χ0n) is 10.1. The van der Waals surface area contributed by atoms with Crippen molar-refractivity contribution in [3.63, 3.8) is 0 Å². The van der Waals surface area contributed by atoms with Crippen LogP contribution in [0.3, 0.4) is 0 Å². The predicted octanol–water partition coefficient (Wildman–Crippen LogP) is 3.03. The minimum Gasteiger partial charge on any atom is -0.494 e. The normalized spacial score (nSPS) is 12.1. The van der Waals surface area contributed by atoms with Crippen molar-refractivity contribution in [2.45, 2.75) is 13.0 Å². The highest BCUT2D eigenvalue weighted by molar-refractivity contribution is 7.10. The Kier molecular flexibility index (Phi) is 4.12. The molecular formula is C14H15NO2S. The highest BCUT2D eigenvalue weighted by Gasteiger charge is 2.18. The van der Waals surface area contributed by atoms with E-state index in [1.807, 2.05) is 30.5 Å². The van der Waals surface area contributed by atoms with Gasteiger partial charge in [-0.1, -0.05) is 18.2 Å². The molecule has 0 bridgehead atoms. The van der Waals surface area contributed by atoms with Crippen molar-refractivity contribution in [2.24, 2.45) is 5.73 Å². The zero-order chi connectivity index (χ0) is 13.0. The van der Waals surface area contributed by atoms with Gasteiger partial charge in [0, 0.05) is 10.4 Å². The lowest BCUT2D eigenvalue weighted by molar-refractivity contribution is 0.0962. The van der Waals surface area contributed by atoms with Crippen molar-refractivity contribution < 1.29 is 9.53 Å². The third kappa shape index (κ3) is 2.78. The van der Waals surface area contributed by atoms with E-state index >= 15 is 0 Å². The van der Waals surface area contributed by atoms with Crippen LogP contribution in [0.2, 0.25) is 0 Å². The van der Waals surface area contributed by atoms with E-state index in [9.17, 15) is 4.79 Å². The van der Waals surface area contributed by atoms with Crippen molar-refractivity contribution in [1.29, 1.82) is 0 Å². The first kappa shape index (κ1) is 12.8. The summed E-state index contributed by atoms with van der Waals surface area (Å²) < 4.78 is 5.38. The van der Waals surface area contributed by atoms with Crippen molar-refractivity contribution in [3.05, 3.63) is 52.2 Å². The molecule has 0 spiro atoms. The Hall–Kier alpha value is -1.65. The van der Waals surface area contributed by atoms with Gasteiger partial charge in [0.05, 0.1) is 6.61 Å². The Morgan fingerprint density at radius 2 is 2.22 bits per heavy atom. The molecule has 3 nitrogen and oxygen atoms in total. The van der Waals surface area contributed by atoms with Crippen LogP contribution in [0.25, 0.3) is 0 Å². The molecule has 1 aromatic carbocycles. The minimum atomic E-state index is -0.595. The Balaban J connectivity index is 2.20. The molecule has 1 aromatic heterocycles. The Morgan fingerprint density at radius 1 is 1.39 bits per heavy atom. The first-order valence-corrected chi connectivity index (χ1v) is 6.66. The summed E-state index contributed by atoms with van der Waals surface area (Å²) in [6.45, 7) is 2.49. The highest BCUT2D eigenvalue weighted by Crippen LogP contribution is 2.22. The van der Waals surface area contributed by atoms with E-state index in [0.29, 0.717) is 17.9 Å². The van der Waals surface area contributed by atoms with Gasteiger partial charge >= 0.3 is 0 Å². The van der Waals surface area contributed by atoms with Gasteiger partial charge in [0.25, 0.3) is 0 Å². The van der Waals surface area contributed by atoms with E-state index in [2.05, 4.69) is 0 Å². The fourth-order valence-electron chi connectivity index (χ4n) is 1.68. The fourth-order valence-corrected chi connectivity index (χ4v) is 2.41. The number of carbonyl (C=O) groups excluding carboxylic acids is 1. The van der Waals surface area contributed by atoms with Gasteiger partial charge in [-0.3, -0.25) is 4.79 Å². The summed E-state index contributed by atoms with van der Waals surface area (Å²) in [4.78, 5) is 13.1. The number of thiophene rings is 1. The van der Waals surface area contributed by atoms with E-state index in [4.69, 9.17) is 10.5 Å². The van der Waals surface area contributed by atoms with Gasteiger partial charge in [0.15, 0.2) is 5.78 Å². The lowest BCUT2D eigenvalue weighted by Crippen LogP contribution is -2.20. The molecule has 1 atom stereocenters. The Bertz CT molecular complexity index is 522. The first-order chi connectivity index (χ1) is 8.72. The third-order valence-electron chi connectivity index (χ3n) is 2.56. The molecule has 0 aliphatic carbocycles.